The second-order valence-corrected chi connectivity index (χ2v) is 7.42. The molecule has 0 aliphatic rings. The van der Waals surface area contributed by atoms with Crippen LogP contribution in [-0.2, 0) is 0 Å². The number of rotatable bonds is 3. The molecular formula is C20H17ClN2OS. The molecular weight excluding hydrogens is 352 g/mol. The van der Waals surface area contributed by atoms with E-state index in [2.05, 4.69) is 35.4 Å². The number of hydrogen-bond donors (Lipinski definition) is 2. The van der Waals surface area contributed by atoms with Gasteiger partial charge >= 0.3 is 0 Å². The molecule has 0 saturated carbocycles. The lowest BCUT2D eigenvalue weighted by molar-refractivity contribution is 0.478. The second-order valence-electron chi connectivity index (χ2n) is 6.07. The highest BCUT2D eigenvalue weighted by molar-refractivity contribution is 7.17. The molecule has 0 saturated heterocycles. The van der Waals surface area contributed by atoms with Crippen molar-refractivity contribution in [3.05, 3.63) is 58.6 Å². The highest BCUT2D eigenvalue weighted by atomic mass is 35.5. The molecule has 126 valence electrons. The number of benzene rings is 2. The van der Waals surface area contributed by atoms with Gasteiger partial charge in [0.1, 0.15) is 5.75 Å². The summed E-state index contributed by atoms with van der Waals surface area (Å²) in [5, 5.41) is 18.3. The summed E-state index contributed by atoms with van der Waals surface area (Å²) in [4.78, 5) is 4.52. The van der Waals surface area contributed by atoms with E-state index >= 15 is 0 Å². The Labute approximate surface area is 154 Å². The predicted octanol–water partition coefficient (Wildman–Crippen LogP) is 5.76. The molecule has 4 rings (SSSR count). The summed E-state index contributed by atoms with van der Waals surface area (Å²) in [6.45, 7) is 2.11. The fourth-order valence-corrected chi connectivity index (χ4v) is 4.17. The predicted molar refractivity (Wildman–Crippen MR) is 107 cm³/mol. The Kier molecular flexibility index (Phi) is 4.12. The molecule has 2 aromatic carbocycles. The monoisotopic (exact) mass is 368 g/mol. The van der Waals surface area contributed by atoms with E-state index in [4.69, 9.17) is 11.6 Å². The molecule has 4 aromatic rings. The van der Waals surface area contributed by atoms with Gasteiger partial charge in [-0.2, -0.15) is 0 Å². The Balaban J connectivity index is 2.02. The third kappa shape index (κ3) is 2.67. The summed E-state index contributed by atoms with van der Waals surface area (Å²) in [6, 6.07) is 12.1. The van der Waals surface area contributed by atoms with Crippen LogP contribution in [0.4, 0.5) is 0 Å². The van der Waals surface area contributed by atoms with Crippen molar-refractivity contribution < 1.29 is 5.11 Å². The first-order chi connectivity index (χ1) is 12.1. The molecule has 2 heterocycles. The smallest absolute Gasteiger partial charge is 0.125 e. The zero-order chi connectivity index (χ0) is 17.6. The Morgan fingerprint density at radius 3 is 2.68 bits per heavy atom. The standard InChI is InChI=1S/C20H17ClN2OS/c1-11(22-2)12-3-5-13(6-4-12)18-16(24)9-15(21)20-19(18)14-7-8-25-17(14)10-23-20/h3-11,22,24H,1-2H3/t11-/m1/s1. The Hall–Kier alpha value is -2.14. The minimum atomic E-state index is 0.174. The number of thiophene rings is 1. The fraction of sp³-hybridized carbons (Fsp3) is 0.150. The number of nitrogens with zero attached hydrogens (tertiary/aromatic N) is 1. The van der Waals surface area contributed by atoms with Crippen LogP contribution in [0.15, 0.2) is 48.0 Å². The number of phenolic OH excluding ortho intramolecular Hbond substituents is 1. The van der Waals surface area contributed by atoms with Crippen molar-refractivity contribution in [3.8, 4) is 16.9 Å². The van der Waals surface area contributed by atoms with Crippen molar-refractivity contribution in [1.29, 1.82) is 0 Å². The fourth-order valence-electron chi connectivity index (χ4n) is 3.16. The van der Waals surface area contributed by atoms with Crippen molar-refractivity contribution in [3.63, 3.8) is 0 Å². The quantitative estimate of drug-likeness (QED) is 0.483. The molecule has 2 aromatic heterocycles. The number of hydrogen-bond acceptors (Lipinski definition) is 4. The number of nitrogens with one attached hydrogen (secondary N) is 1. The van der Waals surface area contributed by atoms with Crippen molar-refractivity contribution in [1.82, 2.24) is 10.3 Å². The van der Waals surface area contributed by atoms with E-state index in [-0.39, 0.29) is 11.8 Å². The first kappa shape index (κ1) is 16.3. The normalized spacial score (nSPS) is 12.8. The van der Waals surface area contributed by atoms with Crippen molar-refractivity contribution in [2.75, 3.05) is 7.05 Å². The summed E-state index contributed by atoms with van der Waals surface area (Å²) >= 11 is 7.98. The van der Waals surface area contributed by atoms with Crippen molar-refractivity contribution in [2.45, 2.75) is 13.0 Å². The summed E-state index contributed by atoms with van der Waals surface area (Å²) in [5.41, 5.74) is 3.64. The number of aromatic hydroxyl groups is 1. The van der Waals surface area contributed by atoms with Gasteiger partial charge in [-0.1, -0.05) is 35.9 Å². The first-order valence-corrected chi connectivity index (χ1v) is 9.31. The maximum atomic E-state index is 10.6. The lowest BCUT2D eigenvalue weighted by Crippen LogP contribution is -2.11. The number of phenols is 1. The van der Waals surface area contributed by atoms with E-state index < -0.39 is 0 Å². The molecule has 5 heteroatoms. The summed E-state index contributed by atoms with van der Waals surface area (Å²) in [5.74, 6) is 0.174. The van der Waals surface area contributed by atoms with Crippen LogP contribution in [0.25, 0.3) is 32.1 Å². The van der Waals surface area contributed by atoms with Crippen LogP contribution in [-0.4, -0.2) is 17.1 Å². The average Bonchev–Trinajstić information content (AvgIpc) is 3.10. The highest BCUT2D eigenvalue weighted by Gasteiger charge is 2.17. The molecule has 3 nitrogen and oxygen atoms in total. The molecule has 0 aliphatic heterocycles. The van der Waals surface area contributed by atoms with E-state index in [0.29, 0.717) is 10.5 Å². The number of fused-ring (bicyclic) bond motifs is 3. The zero-order valence-corrected chi connectivity index (χ0v) is 15.4. The molecule has 0 aliphatic carbocycles. The SMILES string of the molecule is CN[C@H](C)c1ccc(-c2c(O)cc(Cl)c3ncc4sccc4c23)cc1. The van der Waals surface area contributed by atoms with Gasteiger partial charge in [-0.05, 0) is 36.5 Å². The van der Waals surface area contributed by atoms with Gasteiger partial charge in [-0.15, -0.1) is 11.3 Å². The van der Waals surface area contributed by atoms with Gasteiger partial charge in [0, 0.05) is 34.6 Å². The molecule has 0 fully saturated rings. The average molecular weight is 369 g/mol. The third-order valence-electron chi connectivity index (χ3n) is 4.64. The Morgan fingerprint density at radius 2 is 1.96 bits per heavy atom. The van der Waals surface area contributed by atoms with E-state index in [9.17, 15) is 5.11 Å². The molecule has 0 bridgehead atoms. The van der Waals surface area contributed by atoms with Crippen LogP contribution in [0.1, 0.15) is 18.5 Å². The van der Waals surface area contributed by atoms with Crippen LogP contribution in [0.5, 0.6) is 5.75 Å². The van der Waals surface area contributed by atoms with E-state index in [1.165, 1.54) is 5.56 Å². The van der Waals surface area contributed by atoms with Crippen LogP contribution in [0.3, 0.4) is 0 Å². The summed E-state index contributed by atoms with van der Waals surface area (Å²) < 4.78 is 1.08. The lowest BCUT2D eigenvalue weighted by Gasteiger charge is -2.14. The molecule has 0 amide bonds. The van der Waals surface area contributed by atoms with Gasteiger partial charge < -0.3 is 10.4 Å². The topological polar surface area (TPSA) is 45.1 Å². The first-order valence-electron chi connectivity index (χ1n) is 8.05. The minimum absolute atomic E-state index is 0.174. The van der Waals surface area contributed by atoms with E-state index in [0.717, 1.165) is 26.6 Å². The van der Waals surface area contributed by atoms with Gasteiger partial charge in [0.05, 0.1) is 15.2 Å². The van der Waals surface area contributed by atoms with Gasteiger partial charge in [0.2, 0.25) is 0 Å². The Bertz CT molecular complexity index is 1070. The molecule has 0 spiro atoms. The van der Waals surface area contributed by atoms with E-state index in [1.807, 2.05) is 30.8 Å². The largest absolute Gasteiger partial charge is 0.507 e. The van der Waals surface area contributed by atoms with Gasteiger partial charge in [0.15, 0.2) is 0 Å². The molecule has 25 heavy (non-hydrogen) atoms. The van der Waals surface area contributed by atoms with Crippen LogP contribution in [0, 0.1) is 0 Å². The maximum absolute atomic E-state index is 10.6. The number of aromatic nitrogens is 1. The molecule has 1 atom stereocenters. The molecule has 0 radical (unpaired) electrons. The van der Waals surface area contributed by atoms with Crippen LogP contribution < -0.4 is 5.32 Å². The number of pyridine rings is 1. The summed E-state index contributed by atoms with van der Waals surface area (Å²) in [7, 11) is 1.94. The van der Waals surface area contributed by atoms with Gasteiger partial charge in [0.25, 0.3) is 0 Å². The summed E-state index contributed by atoms with van der Waals surface area (Å²) in [6.07, 6.45) is 1.84. The van der Waals surface area contributed by atoms with Crippen molar-refractivity contribution >= 4 is 43.9 Å². The number of halogens is 1. The maximum Gasteiger partial charge on any atom is 0.125 e. The zero-order valence-electron chi connectivity index (χ0n) is 13.9. The van der Waals surface area contributed by atoms with Crippen molar-refractivity contribution in [2.24, 2.45) is 0 Å². The lowest BCUT2D eigenvalue weighted by atomic mass is 9.95. The third-order valence-corrected chi connectivity index (χ3v) is 5.78. The molecule has 2 N–H and O–H groups in total. The minimum Gasteiger partial charge on any atom is -0.507 e. The van der Waals surface area contributed by atoms with Gasteiger partial charge in [-0.25, -0.2) is 0 Å². The highest BCUT2D eigenvalue weighted by Crippen LogP contribution is 2.43. The second kappa shape index (κ2) is 6.30. The van der Waals surface area contributed by atoms with Gasteiger partial charge in [-0.3, -0.25) is 4.98 Å². The van der Waals surface area contributed by atoms with Crippen LogP contribution >= 0.6 is 22.9 Å². The Morgan fingerprint density at radius 1 is 1.20 bits per heavy atom. The molecule has 0 unspecified atom stereocenters. The van der Waals surface area contributed by atoms with Crippen LogP contribution in [0.2, 0.25) is 5.02 Å². The van der Waals surface area contributed by atoms with E-state index in [1.54, 1.807) is 17.4 Å².